The van der Waals surface area contributed by atoms with Gasteiger partial charge >= 0.3 is 0 Å². The van der Waals surface area contributed by atoms with E-state index in [1.54, 1.807) is 0 Å². The van der Waals surface area contributed by atoms with E-state index in [9.17, 15) is 5.11 Å². The van der Waals surface area contributed by atoms with Crippen molar-refractivity contribution in [3.63, 3.8) is 0 Å². The minimum absolute atomic E-state index is 0.105. The highest BCUT2D eigenvalue weighted by Gasteiger charge is 2.16. The highest BCUT2D eigenvalue weighted by Crippen LogP contribution is 2.31. The maximum absolute atomic E-state index is 10.2. The smallest absolute Gasteiger partial charge is 0.0828 e. The van der Waals surface area contributed by atoms with Crippen molar-refractivity contribution in [2.45, 2.75) is 50.0 Å². The summed E-state index contributed by atoms with van der Waals surface area (Å²) >= 11 is 1.94. The van der Waals surface area contributed by atoms with Crippen LogP contribution in [0.15, 0.2) is 29.2 Å². The third kappa shape index (κ3) is 4.51. The fourth-order valence-corrected chi connectivity index (χ4v) is 3.97. The van der Waals surface area contributed by atoms with Gasteiger partial charge in [0.05, 0.1) is 6.10 Å². The molecule has 1 aromatic carbocycles. The van der Waals surface area contributed by atoms with Gasteiger partial charge in [-0.05, 0) is 48.9 Å². The molecule has 2 rings (SSSR count). The lowest BCUT2D eigenvalue weighted by atomic mass is 9.91. The highest BCUT2D eigenvalue weighted by molar-refractivity contribution is 7.99. The monoisotopic (exact) mass is 293 g/mol. The quantitative estimate of drug-likeness (QED) is 0.780. The molecule has 0 aromatic heterocycles. The molecule has 0 aliphatic heterocycles. The average Bonchev–Trinajstić information content (AvgIpc) is 2.52. The van der Waals surface area contributed by atoms with Gasteiger partial charge in [0, 0.05) is 10.6 Å². The second kappa shape index (κ2) is 8.06. The fourth-order valence-electron chi connectivity index (χ4n) is 2.81. The van der Waals surface area contributed by atoms with E-state index >= 15 is 0 Å². The second-order valence-electron chi connectivity index (χ2n) is 6.05. The van der Waals surface area contributed by atoms with Crippen LogP contribution in [0.2, 0.25) is 0 Å². The van der Waals surface area contributed by atoms with E-state index in [2.05, 4.69) is 12.1 Å². The Labute approximate surface area is 127 Å². The molecule has 0 bridgehead atoms. The van der Waals surface area contributed by atoms with E-state index < -0.39 is 6.10 Å². The van der Waals surface area contributed by atoms with E-state index in [0.29, 0.717) is 6.54 Å². The molecule has 1 aromatic rings. The van der Waals surface area contributed by atoms with Gasteiger partial charge in [0.25, 0.3) is 0 Å². The summed E-state index contributed by atoms with van der Waals surface area (Å²) in [6, 6.07) is 8.33. The summed E-state index contributed by atoms with van der Waals surface area (Å²) in [6.07, 6.45) is 6.55. The molecule has 2 nitrogen and oxygen atoms in total. The van der Waals surface area contributed by atoms with Crippen molar-refractivity contribution >= 4 is 11.8 Å². The number of hydrogen-bond acceptors (Lipinski definition) is 3. The molecule has 1 aliphatic carbocycles. The SMILES string of the molecule is CC(CN)C(O)c1cccc(SCC2CCCCC2)c1. The Bertz CT molecular complexity index is 404. The van der Waals surface area contributed by atoms with Gasteiger partial charge in [-0.1, -0.05) is 38.3 Å². The molecule has 2 unspecified atom stereocenters. The molecule has 3 N–H and O–H groups in total. The van der Waals surface area contributed by atoms with Crippen LogP contribution < -0.4 is 5.73 Å². The Morgan fingerprint density at radius 1 is 1.30 bits per heavy atom. The molecule has 1 fully saturated rings. The Balaban J connectivity index is 1.91. The molecular formula is C17H27NOS. The number of rotatable bonds is 6. The zero-order valence-electron chi connectivity index (χ0n) is 12.4. The molecule has 112 valence electrons. The largest absolute Gasteiger partial charge is 0.388 e. The minimum Gasteiger partial charge on any atom is -0.388 e. The molecule has 3 heteroatoms. The van der Waals surface area contributed by atoms with Crippen molar-refractivity contribution in [2.24, 2.45) is 17.6 Å². The third-order valence-corrected chi connectivity index (χ3v) is 5.55. The predicted octanol–water partition coefficient (Wildman–Crippen LogP) is 3.99. The van der Waals surface area contributed by atoms with Gasteiger partial charge < -0.3 is 10.8 Å². The van der Waals surface area contributed by atoms with Gasteiger partial charge in [-0.25, -0.2) is 0 Å². The molecule has 20 heavy (non-hydrogen) atoms. The van der Waals surface area contributed by atoms with Crippen molar-refractivity contribution in [1.29, 1.82) is 0 Å². The van der Waals surface area contributed by atoms with Crippen LogP contribution in [0, 0.1) is 11.8 Å². The molecule has 1 aliphatic rings. The van der Waals surface area contributed by atoms with Crippen molar-refractivity contribution in [2.75, 3.05) is 12.3 Å². The van der Waals surface area contributed by atoms with Gasteiger partial charge in [0.2, 0.25) is 0 Å². The fraction of sp³-hybridized carbons (Fsp3) is 0.647. The lowest BCUT2D eigenvalue weighted by Crippen LogP contribution is -2.18. The van der Waals surface area contributed by atoms with Crippen molar-refractivity contribution in [1.82, 2.24) is 0 Å². The van der Waals surface area contributed by atoms with Crippen LogP contribution in [0.5, 0.6) is 0 Å². The third-order valence-electron chi connectivity index (χ3n) is 4.32. The number of aliphatic hydroxyl groups is 1. The summed E-state index contributed by atoms with van der Waals surface area (Å²) in [6.45, 7) is 2.51. The standard InChI is InChI=1S/C17H27NOS/c1-13(11-18)17(19)15-8-5-9-16(10-15)20-12-14-6-3-2-4-7-14/h5,8-10,13-14,17,19H,2-4,6-7,11-12,18H2,1H3. The zero-order valence-corrected chi connectivity index (χ0v) is 13.2. The van der Waals surface area contributed by atoms with E-state index in [0.717, 1.165) is 11.5 Å². The van der Waals surface area contributed by atoms with Crippen LogP contribution in [-0.4, -0.2) is 17.4 Å². The molecule has 0 heterocycles. The molecule has 0 saturated heterocycles. The van der Waals surface area contributed by atoms with Crippen LogP contribution in [0.25, 0.3) is 0 Å². The van der Waals surface area contributed by atoms with Crippen LogP contribution in [-0.2, 0) is 0 Å². The first-order valence-electron chi connectivity index (χ1n) is 7.81. The van der Waals surface area contributed by atoms with Crippen LogP contribution in [0.4, 0.5) is 0 Å². The lowest BCUT2D eigenvalue weighted by molar-refractivity contribution is 0.121. The molecule has 0 radical (unpaired) electrons. The Morgan fingerprint density at radius 3 is 2.75 bits per heavy atom. The maximum Gasteiger partial charge on any atom is 0.0828 e. The summed E-state index contributed by atoms with van der Waals surface area (Å²) in [7, 11) is 0. The van der Waals surface area contributed by atoms with E-state index in [-0.39, 0.29) is 5.92 Å². The predicted molar refractivity (Wildman–Crippen MR) is 86.9 cm³/mol. The van der Waals surface area contributed by atoms with Crippen LogP contribution in [0.3, 0.4) is 0 Å². The first kappa shape index (κ1) is 15.9. The first-order chi connectivity index (χ1) is 9.70. The van der Waals surface area contributed by atoms with Gasteiger partial charge in [-0.3, -0.25) is 0 Å². The molecule has 2 atom stereocenters. The first-order valence-corrected chi connectivity index (χ1v) is 8.80. The molecule has 1 saturated carbocycles. The molecular weight excluding hydrogens is 266 g/mol. The van der Waals surface area contributed by atoms with Crippen molar-refractivity contribution in [3.8, 4) is 0 Å². The Hall–Kier alpha value is -0.510. The molecule has 0 amide bonds. The number of nitrogens with two attached hydrogens (primary N) is 1. The summed E-state index contributed by atoms with van der Waals surface area (Å²) in [4.78, 5) is 1.27. The Morgan fingerprint density at radius 2 is 2.05 bits per heavy atom. The van der Waals surface area contributed by atoms with Crippen molar-refractivity contribution in [3.05, 3.63) is 29.8 Å². The van der Waals surface area contributed by atoms with Gasteiger partial charge in [0.1, 0.15) is 0 Å². The normalized spacial score (nSPS) is 19.8. The Kier molecular flexibility index (Phi) is 6.40. The van der Waals surface area contributed by atoms with Gasteiger partial charge in [-0.2, -0.15) is 0 Å². The second-order valence-corrected chi connectivity index (χ2v) is 7.14. The van der Waals surface area contributed by atoms with Crippen LogP contribution >= 0.6 is 11.8 Å². The van der Waals surface area contributed by atoms with Gasteiger partial charge in [0.15, 0.2) is 0 Å². The maximum atomic E-state index is 10.2. The summed E-state index contributed by atoms with van der Waals surface area (Å²) in [5.74, 6) is 2.20. The summed E-state index contributed by atoms with van der Waals surface area (Å²) in [5, 5.41) is 10.2. The van der Waals surface area contributed by atoms with Crippen LogP contribution in [0.1, 0.15) is 50.7 Å². The van der Waals surface area contributed by atoms with Crippen molar-refractivity contribution < 1.29 is 5.11 Å². The molecule has 0 spiro atoms. The number of thioether (sulfide) groups is 1. The van der Waals surface area contributed by atoms with E-state index in [4.69, 9.17) is 5.73 Å². The van der Waals surface area contributed by atoms with E-state index in [1.807, 2.05) is 30.8 Å². The topological polar surface area (TPSA) is 46.2 Å². The summed E-state index contributed by atoms with van der Waals surface area (Å²) < 4.78 is 0. The average molecular weight is 293 g/mol. The van der Waals surface area contributed by atoms with Gasteiger partial charge in [-0.15, -0.1) is 11.8 Å². The zero-order chi connectivity index (χ0) is 14.4. The number of aliphatic hydroxyl groups excluding tert-OH is 1. The lowest BCUT2D eigenvalue weighted by Gasteiger charge is -2.21. The minimum atomic E-state index is -0.449. The highest BCUT2D eigenvalue weighted by atomic mass is 32.2. The van der Waals surface area contributed by atoms with E-state index in [1.165, 1.54) is 42.8 Å². The number of hydrogen-bond donors (Lipinski definition) is 2. The summed E-state index contributed by atoms with van der Waals surface area (Å²) in [5.41, 5.74) is 6.64. The number of benzene rings is 1.